The first-order chi connectivity index (χ1) is 4.61. The minimum Gasteiger partial charge on any atom is -0.0622 e. The van der Waals surface area contributed by atoms with Crippen LogP contribution in [0.15, 0.2) is 30.3 Å². The third-order valence-corrected chi connectivity index (χ3v) is 1.47. The van der Waals surface area contributed by atoms with Crippen molar-refractivity contribution in [3.8, 4) is 0 Å². The summed E-state index contributed by atoms with van der Waals surface area (Å²) in [5, 5.41) is 0. The van der Waals surface area contributed by atoms with Crippen molar-refractivity contribution in [1.29, 1.82) is 0 Å². The predicted octanol–water partition coefficient (Wildman–Crippen LogP) is 2.61. The number of rotatable bonds is 1. The molecular formula is C10H12. The first kappa shape index (κ1) is 7.33. The number of hydrogen-bond donors (Lipinski definition) is 0. The van der Waals surface area contributed by atoms with Crippen molar-refractivity contribution in [1.82, 2.24) is 0 Å². The Bertz CT molecular complexity index is 191. The third-order valence-electron chi connectivity index (χ3n) is 1.47. The lowest BCUT2D eigenvalue weighted by atomic mass is 9.87. The zero-order valence-electron chi connectivity index (χ0n) is 6.30. The van der Waals surface area contributed by atoms with E-state index in [1.807, 2.05) is 37.3 Å². The third kappa shape index (κ3) is 1.60. The van der Waals surface area contributed by atoms with Gasteiger partial charge >= 0.3 is 0 Å². The Morgan fingerprint density at radius 2 is 1.60 bits per heavy atom. The molecule has 0 amide bonds. The summed E-state index contributed by atoms with van der Waals surface area (Å²) in [7, 11) is 0. The van der Waals surface area contributed by atoms with Crippen LogP contribution in [0.3, 0.4) is 0 Å². The summed E-state index contributed by atoms with van der Waals surface area (Å²) < 4.78 is 0. The molecule has 1 aromatic rings. The lowest BCUT2D eigenvalue weighted by Crippen LogP contribution is -2.11. The molecule has 0 aromatic heterocycles. The fourth-order valence-corrected chi connectivity index (χ4v) is 0.841. The van der Waals surface area contributed by atoms with E-state index in [1.54, 1.807) is 0 Å². The molecule has 0 atom stereocenters. The number of benzene rings is 1. The Morgan fingerprint density at radius 1 is 1.10 bits per heavy atom. The van der Waals surface area contributed by atoms with E-state index >= 15 is 0 Å². The predicted molar refractivity (Wildman–Crippen MR) is 44.5 cm³/mol. The maximum atomic E-state index is 3.93. The highest BCUT2D eigenvalue weighted by Gasteiger charge is 2.11. The topological polar surface area (TPSA) is 0 Å². The van der Waals surface area contributed by atoms with E-state index in [0.717, 1.165) is 0 Å². The molecule has 0 unspecified atom stereocenters. The van der Waals surface area contributed by atoms with Crippen LogP contribution in [0, 0.1) is 13.8 Å². The van der Waals surface area contributed by atoms with Crippen LogP contribution in [-0.4, -0.2) is 0 Å². The van der Waals surface area contributed by atoms with Crippen LogP contribution >= 0.6 is 0 Å². The van der Waals surface area contributed by atoms with Gasteiger partial charge in [0.15, 0.2) is 0 Å². The Kier molecular flexibility index (Phi) is 1.80. The Hall–Kier alpha value is -0.780. The van der Waals surface area contributed by atoms with Crippen LogP contribution in [0.5, 0.6) is 0 Å². The average molecular weight is 132 g/mol. The molecule has 0 aliphatic heterocycles. The molecule has 2 radical (unpaired) electrons. The Labute approximate surface area is 62.9 Å². The fourth-order valence-electron chi connectivity index (χ4n) is 0.841. The molecule has 0 N–H and O–H groups in total. The van der Waals surface area contributed by atoms with Gasteiger partial charge in [0.2, 0.25) is 0 Å². The van der Waals surface area contributed by atoms with Crippen LogP contribution < -0.4 is 0 Å². The average Bonchev–Trinajstić information content (AvgIpc) is 1.88. The van der Waals surface area contributed by atoms with Crippen LogP contribution in [0.1, 0.15) is 12.5 Å². The summed E-state index contributed by atoms with van der Waals surface area (Å²) in [6, 6.07) is 10.1. The number of hydrogen-bond acceptors (Lipinski definition) is 0. The smallest absolute Gasteiger partial charge is 0.00746 e. The molecule has 0 fully saturated rings. The lowest BCUT2D eigenvalue weighted by molar-refractivity contribution is 0.748. The molecule has 0 nitrogen and oxygen atoms in total. The van der Waals surface area contributed by atoms with E-state index in [2.05, 4.69) is 13.8 Å². The molecule has 0 saturated carbocycles. The maximum absolute atomic E-state index is 3.93. The summed E-state index contributed by atoms with van der Waals surface area (Å²) in [6.07, 6.45) is 0. The van der Waals surface area contributed by atoms with Gasteiger partial charge in [0, 0.05) is 0 Å². The Morgan fingerprint density at radius 3 is 1.90 bits per heavy atom. The van der Waals surface area contributed by atoms with E-state index < -0.39 is 0 Å². The van der Waals surface area contributed by atoms with Crippen LogP contribution in [0.2, 0.25) is 0 Å². The van der Waals surface area contributed by atoms with Gasteiger partial charge in [0.25, 0.3) is 0 Å². The largest absolute Gasteiger partial charge is 0.0622 e. The molecule has 0 aliphatic carbocycles. The van der Waals surface area contributed by atoms with Crippen molar-refractivity contribution in [2.45, 2.75) is 12.3 Å². The fraction of sp³-hybridized carbons (Fsp3) is 0.200. The minimum atomic E-state index is -0.207. The molecule has 52 valence electrons. The Balaban J connectivity index is 2.97. The van der Waals surface area contributed by atoms with Crippen molar-refractivity contribution in [3.05, 3.63) is 49.7 Å². The molecule has 0 saturated heterocycles. The van der Waals surface area contributed by atoms with Crippen molar-refractivity contribution in [2.75, 3.05) is 0 Å². The highest BCUT2D eigenvalue weighted by Crippen LogP contribution is 2.19. The van der Waals surface area contributed by atoms with Crippen molar-refractivity contribution in [2.24, 2.45) is 0 Å². The highest BCUT2D eigenvalue weighted by molar-refractivity contribution is 5.26. The van der Waals surface area contributed by atoms with Crippen molar-refractivity contribution >= 4 is 0 Å². The van der Waals surface area contributed by atoms with Crippen LogP contribution in [0.4, 0.5) is 0 Å². The minimum absolute atomic E-state index is 0.207. The SMILES string of the molecule is [CH2]C([CH2])(C)c1ccccc1. The summed E-state index contributed by atoms with van der Waals surface area (Å²) in [4.78, 5) is 0. The van der Waals surface area contributed by atoms with Gasteiger partial charge in [-0.15, -0.1) is 0 Å². The monoisotopic (exact) mass is 132 g/mol. The van der Waals surface area contributed by atoms with Gasteiger partial charge < -0.3 is 0 Å². The van der Waals surface area contributed by atoms with Gasteiger partial charge in [-0.3, -0.25) is 0 Å². The van der Waals surface area contributed by atoms with Gasteiger partial charge in [-0.05, 0) is 24.8 Å². The van der Waals surface area contributed by atoms with Gasteiger partial charge in [0.05, 0.1) is 0 Å². The highest BCUT2D eigenvalue weighted by atomic mass is 14.2. The normalized spacial score (nSPS) is 11.5. The van der Waals surface area contributed by atoms with Gasteiger partial charge in [-0.2, -0.15) is 0 Å². The maximum Gasteiger partial charge on any atom is -0.00746 e. The van der Waals surface area contributed by atoms with Crippen LogP contribution in [-0.2, 0) is 5.41 Å². The molecule has 0 heteroatoms. The molecule has 10 heavy (non-hydrogen) atoms. The second-order valence-electron chi connectivity index (χ2n) is 2.93. The molecule has 1 aromatic carbocycles. The van der Waals surface area contributed by atoms with Crippen molar-refractivity contribution in [3.63, 3.8) is 0 Å². The van der Waals surface area contributed by atoms with Gasteiger partial charge in [-0.25, -0.2) is 0 Å². The van der Waals surface area contributed by atoms with Crippen molar-refractivity contribution < 1.29 is 0 Å². The quantitative estimate of drug-likeness (QED) is 0.551. The lowest BCUT2D eigenvalue weighted by Gasteiger charge is -2.17. The van der Waals surface area contributed by atoms with Crippen LogP contribution in [0.25, 0.3) is 0 Å². The zero-order chi connectivity index (χ0) is 7.61. The standard InChI is InChI=1S/C10H12/c1-10(2,3)9-7-5-4-6-8-9/h4-8H,1-2H2,3H3. The molecule has 0 heterocycles. The molecular weight excluding hydrogens is 120 g/mol. The molecule has 1 rings (SSSR count). The summed E-state index contributed by atoms with van der Waals surface area (Å²) in [5.74, 6) is 0. The summed E-state index contributed by atoms with van der Waals surface area (Å²) in [6.45, 7) is 9.86. The first-order valence-electron chi connectivity index (χ1n) is 3.37. The summed E-state index contributed by atoms with van der Waals surface area (Å²) >= 11 is 0. The molecule has 0 spiro atoms. The van der Waals surface area contributed by atoms with Gasteiger partial charge in [-0.1, -0.05) is 37.3 Å². The molecule has 0 bridgehead atoms. The molecule has 0 aliphatic rings. The van der Waals surface area contributed by atoms with E-state index in [0.29, 0.717) is 0 Å². The second-order valence-corrected chi connectivity index (χ2v) is 2.93. The van der Waals surface area contributed by atoms with Gasteiger partial charge in [0.1, 0.15) is 0 Å². The first-order valence-corrected chi connectivity index (χ1v) is 3.37. The zero-order valence-corrected chi connectivity index (χ0v) is 6.30. The van der Waals surface area contributed by atoms with E-state index in [4.69, 9.17) is 0 Å². The second kappa shape index (κ2) is 2.45. The van der Waals surface area contributed by atoms with E-state index in [-0.39, 0.29) is 5.41 Å². The van der Waals surface area contributed by atoms with E-state index in [1.165, 1.54) is 5.56 Å². The summed E-state index contributed by atoms with van der Waals surface area (Å²) in [5.41, 5.74) is 0.969. The van der Waals surface area contributed by atoms with E-state index in [9.17, 15) is 0 Å².